The molecule has 7 nitrogen and oxygen atoms in total. The van der Waals surface area contributed by atoms with Crippen LogP contribution in [0, 0.1) is 0 Å². The van der Waals surface area contributed by atoms with E-state index in [1.165, 1.54) is 51.3 Å². The van der Waals surface area contributed by atoms with Gasteiger partial charge in [-0.25, -0.2) is 8.42 Å². The first kappa shape index (κ1) is 21.8. The molecule has 3 rings (SSSR count). The molecule has 1 atom stereocenters. The van der Waals surface area contributed by atoms with Crippen LogP contribution in [-0.4, -0.2) is 82.3 Å². The van der Waals surface area contributed by atoms with Crippen molar-refractivity contribution in [1.82, 2.24) is 15.5 Å². The van der Waals surface area contributed by atoms with Crippen molar-refractivity contribution in [1.29, 1.82) is 0 Å². The smallest absolute Gasteiger partial charge is 0.191 e. The molecule has 1 saturated carbocycles. The largest absolute Gasteiger partial charge is 0.381 e. The molecule has 0 aromatic heterocycles. The van der Waals surface area contributed by atoms with E-state index in [2.05, 4.69) is 20.5 Å². The van der Waals surface area contributed by atoms with Crippen molar-refractivity contribution in [2.75, 3.05) is 46.2 Å². The predicted octanol–water partition coefficient (Wildman–Crippen LogP) is 1.54. The zero-order valence-corrected chi connectivity index (χ0v) is 18.4. The van der Waals surface area contributed by atoms with Gasteiger partial charge < -0.3 is 15.4 Å². The Morgan fingerprint density at radius 1 is 1.14 bits per heavy atom. The summed E-state index contributed by atoms with van der Waals surface area (Å²) in [6, 6.07) is 1.11. The van der Waals surface area contributed by atoms with Crippen LogP contribution in [0.2, 0.25) is 0 Å². The molecule has 3 fully saturated rings. The summed E-state index contributed by atoms with van der Waals surface area (Å²) in [4.78, 5) is 7.02. The van der Waals surface area contributed by atoms with Crippen LogP contribution in [0.3, 0.4) is 0 Å². The van der Waals surface area contributed by atoms with Crippen molar-refractivity contribution < 1.29 is 13.2 Å². The number of aliphatic imine (C=N–C) groups is 1. The Bertz CT molecular complexity index is 625. The van der Waals surface area contributed by atoms with Crippen molar-refractivity contribution in [3.8, 4) is 0 Å². The molecule has 8 heteroatoms. The van der Waals surface area contributed by atoms with Gasteiger partial charge in [-0.1, -0.05) is 19.3 Å². The third-order valence-corrected chi connectivity index (χ3v) is 9.00. The highest BCUT2D eigenvalue weighted by Gasteiger charge is 2.42. The highest BCUT2D eigenvalue weighted by molar-refractivity contribution is 7.92. The van der Waals surface area contributed by atoms with Crippen LogP contribution in [0.4, 0.5) is 0 Å². The van der Waals surface area contributed by atoms with Gasteiger partial charge in [-0.3, -0.25) is 9.89 Å². The number of nitrogens with one attached hydrogen (secondary N) is 2. The molecule has 28 heavy (non-hydrogen) atoms. The summed E-state index contributed by atoms with van der Waals surface area (Å²) >= 11 is 0. The summed E-state index contributed by atoms with van der Waals surface area (Å²) in [7, 11) is -1.42. The van der Waals surface area contributed by atoms with Crippen molar-refractivity contribution in [3.05, 3.63) is 0 Å². The fourth-order valence-electron chi connectivity index (χ4n) is 4.96. The molecule has 162 valence electrons. The molecular formula is C20H38N4O3S. The molecule has 0 radical (unpaired) electrons. The monoisotopic (exact) mass is 414 g/mol. The van der Waals surface area contributed by atoms with Crippen molar-refractivity contribution in [2.24, 2.45) is 4.99 Å². The number of guanidine groups is 1. The van der Waals surface area contributed by atoms with Crippen LogP contribution in [-0.2, 0) is 14.6 Å². The van der Waals surface area contributed by atoms with E-state index < -0.39 is 14.6 Å². The summed E-state index contributed by atoms with van der Waals surface area (Å²) in [5.74, 6) is 0.713. The maximum atomic E-state index is 12.5. The Kier molecular flexibility index (Phi) is 7.61. The highest BCUT2D eigenvalue weighted by Crippen LogP contribution is 2.29. The van der Waals surface area contributed by atoms with Gasteiger partial charge in [0.25, 0.3) is 0 Å². The molecule has 3 aliphatic rings. The molecule has 0 bridgehead atoms. The summed E-state index contributed by atoms with van der Waals surface area (Å²) < 4.78 is 29.5. The van der Waals surface area contributed by atoms with Gasteiger partial charge in [0, 0.05) is 51.7 Å². The van der Waals surface area contributed by atoms with Gasteiger partial charge in [0.15, 0.2) is 15.8 Å². The number of nitrogens with zero attached hydrogens (tertiary/aromatic N) is 2. The molecule has 0 aromatic carbocycles. The third-order valence-electron chi connectivity index (χ3n) is 6.88. The fraction of sp³-hybridized carbons (Fsp3) is 0.950. The van der Waals surface area contributed by atoms with Gasteiger partial charge in [0.05, 0.1) is 4.75 Å². The lowest BCUT2D eigenvalue weighted by Crippen LogP contribution is -2.57. The van der Waals surface area contributed by atoms with Crippen molar-refractivity contribution >= 4 is 15.8 Å². The van der Waals surface area contributed by atoms with Gasteiger partial charge in [-0.05, 0) is 45.1 Å². The number of ether oxygens (including phenoxy) is 1. The van der Waals surface area contributed by atoms with E-state index in [1.807, 2.05) is 0 Å². The number of piperidine rings is 1. The lowest BCUT2D eigenvalue weighted by Gasteiger charge is -2.41. The summed E-state index contributed by atoms with van der Waals surface area (Å²) in [6.07, 6.45) is 11.5. The van der Waals surface area contributed by atoms with Crippen LogP contribution in [0.5, 0.6) is 0 Å². The van der Waals surface area contributed by atoms with Crippen LogP contribution < -0.4 is 10.6 Å². The minimum atomic E-state index is -3.18. The maximum Gasteiger partial charge on any atom is 0.191 e. The quantitative estimate of drug-likeness (QED) is 0.525. The lowest BCUT2D eigenvalue weighted by molar-refractivity contribution is 0.0755. The van der Waals surface area contributed by atoms with E-state index in [-0.39, 0.29) is 0 Å². The van der Waals surface area contributed by atoms with Crippen LogP contribution in [0.15, 0.2) is 4.99 Å². The van der Waals surface area contributed by atoms with E-state index in [4.69, 9.17) is 4.74 Å². The molecule has 1 unspecified atom stereocenters. The molecule has 2 saturated heterocycles. The third kappa shape index (κ3) is 5.39. The summed E-state index contributed by atoms with van der Waals surface area (Å²) in [6.45, 7) is 3.63. The molecule has 0 amide bonds. The Balaban J connectivity index is 1.55. The van der Waals surface area contributed by atoms with Gasteiger partial charge in [-0.2, -0.15) is 0 Å². The average molecular weight is 415 g/mol. The minimum Gasteiger partial charge on any atom is -0.381 e. The van der Waals surface area contributed by atoms with Gasteiger partial charge >= 0.3 is 0 Å². The zero-order chi connectivity index (χ0) is 20.0. The molecule has 2 N–H and O–H groups in total. The maximum absolute atomic E-state index is 12.5. The van der Waals surface area contributed by atoms with E-state index >= 15 is 0 Å². The Hall–Kier alpha value is -0.860. The number of hydrogen-bond acceptors (Lipinski definition) is 5. The summed E-state index contributed by atoms with van der Waals surface area (Å²) in [5.41, 5.74) is 0. The van der Waals surface area contributed by atoms with Crippen LogP contribution in [0.25, 0.3) is 0 Å². The second kappa shape index (κ2) is 9.76. The van der Waals surface area contributed by atoms with Crippen LogP contribution >= 0.6 is 0 Å². The normalized spacial score (nSPS) is 28.1. The SMILES string of the molecule is CN=C(NCC1(S(C)(=O)=O)CCOCC1)NC1CCCN(C2CCCCC2)C1. The van der Waals surface area contributed by atoms with E-state index in [9.17, 15) is 8.42 Å². The predicted molar refractivity (Wildman–Crippen MR) is 114 cm³/mol. The first-order valence-electron chi connectivity index (χ1n) is 10.9. The molecular weight excluding hydrogens is 376 g/mol. The highest BCUT2D eigenvalue weighted by atomic mass is 32.2. The van der Waals surface area contributed by atoms with Gasteiger partial charge in [0.1, 0.15) is 0 Å². The number of rotatable bonds is 5. The second-order valence-electron chi connectivity index (χ2n) is 8.76. The molecule has 0 spiro atoms. The number of sulfone groups is 1. The second-order valence-corrected chi connectivity index (χ2v) is 11.2. The first-order chi connectivity index (χ1) is 13.4. The first-order valence-corrected chi connectivity index (χ1v) is 12.8. The number of likely N-dealkylation sites (tertiary alicyclic amines) is 1. The standard InChI is InChI=1S/C20H38N4O3S/c1-21-19(22-16-20(28(2,25)26)10-13-27-14-11-20)23-17-7-6-12-24(15-17)18-8-4-3-5-9-18/h17-18H,3-16H2,1-2H3,(H2,21,22,23). The van der Waals surface area contributed by atoms with Crippen molar-refractivity contribution in [2.45, 2.75) is 74.6 Å². The topological polar surface area (TPSA) is 83.0 Å². The van der Waals surface area contributed by atoms with Gasteiger partial charge in [-0.15, -0.1) is 0 Å². The van der Waals surface area contributed by atoms with Crippen molar-refractivity contribution in [3.63, 3.8) is 0 Å². The zero-order valence-electron chi connectivity index (χ0n) is 17.6. The number of hydrogen-bond donors (Lipinski definition) is 2. The Morgan fingerprint density at radius 3 is 2.50 bits per heavy atom. The van der Waals surface area contributed by atoms with Crippen LogP contribution in [0.1, 0.15) is 57.8 Å². The van der Waals surface area contributed by atoms with E-state index in [0.29, 0.717) is 44.6 Å². The van der Waals surface area contributed by atoms with E-state index in [1.54, 1.807) is 7.05 Å². The molecule has 0 aromatic rings. The van der Waals surface area contributed by atoms with Gasteiger partial charge in [0.2, 0.25) is 0 Å². The lowest BCUT2D eigenvalue weighted by atomic mass is 9.92. The summed E-state index contributed by atoms with van der Waals surface area (Å²) in [5, 5.41) is 6.87. The Labute approximate surface area is 170 Å². The average Bonchev–Trinajstić information content (AvgIpc) is 2.72. The van der Waals surface area contributed by atoms with E-state index in [0.717, 1.165) is 19.0 Å². The molecule has 2 aliphatic heterocycles. The molecule has 2 heterocycles. The minimum absolute atomic E-state index is 0.366. The molecule has 1 aliphatic carbocycles. The fourth-order valence-corrected chi connectivity index (χ4v) is 6.20. The Morgan fingerprint density at radius 2 is 1.86 bits per heavy atom.